The summed E-state index contributed by atoms with van der Waals surface area (Å²) in [5.74, 6) is -0.0442. The van der Waals surface area contributed by atoms with Crippen molar-refractivity contribution >= 4 is 45.5 Å². The van der Waals surface area contributed by atoms with Crippen molar-refractivity contribution in [1.82, 2.24) is 10.2 Å². The van der Waals surface area contributed by atoms with Crippen molar-refractivity contribution in [2.24, 2.45) is 0 Å². The molecule has 0 saturated carbocycles. The Bertz CT molecular complexity index is 901. The van der Waals surface area contributed by atoms with Crippen LogP contribution < -0.4 is 10.2 Å². The second-order valence-corrected chi connectivity index (χ2v) is 8.19. The molecule has 1 aromatic heterocycles. The molecule has 0 unspecified atom stereocenters. The Labute approximate surface area is 165 Å². The van der Waals surface area contributed by atoms with E-state index in [0.29, 0.717) is 15.2 Å². The van der Waals surface area contributed by atoms with Gasteiger partial charge in [0.05, 0.1) is 5.75 Å². The average molecular weight is 403 g/mol. The Morgan fingerprint density at radius 3 is 2.67 bits per heavy atom. The molecule has 3 rings (SSSR count). The lowest BCUT2D eigenvalue weighted by molar-refractivity contribution is -0.116. The number of amides is 1. The summed E-state index contributed by atoms with van der Waals surface area (Å²) >= 11 is 2.67. The fraction of sp³-hybridized carbons (Fsp3) is 0.211. The summed E-state index contributed by atoms with van der Waals surface area (Å²) in [7, 11) is 0. The number of carbonyl (C=O) groups excluding carboxylic acids is 1. The number of aromatic nitrogens is 2. The molecule has 0 radical (unpaired) electrons. The summed E-state index contributed by atoms with van der Waals surface area (Å²) in [4.78, 5) is 14.5. The van der Waals surface area contributed by atoms with Crippen LogP contribution in [0.25, 0.3) is 0 Å². The summed E-state index contributed by atoms with van der Waals surface area (Å²) < 4.78 is 13.9. The van der Waals surface area contributed by atoms with Crippen LogP contribution in [-0.2, 0) is 4.79 Å². The van der Waals surface area contributed by atoms with Gasteiger partial charge in [0.25, 0.3) is 0 Å². The van der Waals surface area contributed by atoms with E-state index in [1.165, 1.54) is 35.2 Å². The largest absolute Gasteiger partial charge is 0.330 e. The van der Waals surface area contributed by atoms with E-state index in [0.717, 1.165) is 5.69 Å². The first-order valence-corrected chi connectivity index (χ1v) is 10.2. The third-order valence-corrected chi connectivity index (χ3v) is 5.58. The van der Waals surface area contributed by atoms with E-state index in [9.17, 15) is 9.18 Å². The second kappa shape index (κ2) is 8.96. The normalized spacial score (nSPS) is 10.8. The minimum Gasteiger partial charge on any atom is -0.330 e. The molecule has 0 aliphatic carbocycles. The zero-order valence-electron chi connectivity index (χ0n) is 14.9. The van der Waals surface area contributed by atoms with Crippen LogP contribution in [0.5, 0.6) is 0 Å². The molecule has 2 aromatic carbocycles. The van der Waals surface area contributed by atoms with E-state index in [4.69, 9.17) is 0 Å². The predicted octanol–water partition coefficient (Wildman–Crippen LogP) is 4.95. The molecule has 0 saturated heterocycles. The van der Waals surface area contributed by atoms with Crippen molar-refractivity contribution in [3.8, 4) is 0 Å². The summed E-state index contributed by atoms with van der Waals surface area (Å²) in [6.45, 7) is 3.98. The SMILES string of the molecule is CC(C)N(C(=O)CSc1nnc(Nc2cccc(F)c2)s1)c1ccccc1. The minimum atomic E-state index is -0.320. The highest BCUT2D eigenvalue weighted by Gasteiger charge is 2.19. The van der Waals surface area contributed by atoms with Crippen molar-refractivity contribution < 1.29 is 9.18 Å². The highest BCUT2D eigenvalue weighted by Crippen LogP contribution is 2.28. The average Bonchev–Trinajstić information content (AvgIpc) is 3.08. The molecule has 0 atom stereocenters. The van der Waals surface area contributed by atoms with Gasteiger partial charge < -0.3 is 10.2 Å². The topological polar surface area (TPSA) is 58.1 Å². The first-order chi connectivity index (χ1) is 13.0. The maximum absolute atomic E-state index is 13.2. The number of benzene rings is 2. The zero-order valence-corrected chi connectivity index (χ0v) is 16.6. The Morgan fingerprint density at radius 2 is 1.96 bits per heavy atom. The van der Waals surface area contributed by atoms with Crippen LogP contribution in [0.4, 0.5) is 20.9 Å². The lowest BCUT2D eigenvalue weighted by Crippen LogP contribution is -2.38. The van der Waals surface area contributed by atoms with Crippen LogP contribution in [0.1, 0.15) is 13.8 Å². The highest BCUT2D eigenvalue weighted by molar-refractivity contribution is 8.01. The molecule has 0 aliphatic heterocycles. The van der Waals surface area contributed by atoms with Gasteiger partial charge in [-0.05, 0) is 44.2 Å². The number of halogens is 1. The number of thioether (sulfide) groups is 1. The number of para-hydroxylation sites is 1. The number of nitrogens with one attached hydrogen (secondary N) is 1. The van der Waals surface area contributed by atoms with Gasteiger partial charge >= 0.3 is 0 Å². The minimum absolute atomic E-state index is 0.0102. The lowest BCUT2D eigenvalue weighted by Gasteiger charge is -2.26. The molecule has 0 spiro atoms. The van der Waals surface area contributed by atoms with Crippen molar-refractivity contribution in [3.63, 3.8) is 0 Å². The van der Waals surface area contributed by atoms with Gasteiger partial charge in [-0.15, -0.1) is 10.2 Å². The molecule has 1 N–H and O–H groups in total. The van der Waals surface area contributed by atoms with E-state index in [-0.39, 0.29) is 23.5 Å². The standard InChI is InChI=1S/C19H19FN4OS2/c1-13(2)24(16-9-4-3-5-10-16)17(25)12-26-19-23-22-18(27-19)21-15-8-6-7-14(20)11-15/h3-11,13H,12H2,1-2H3,(H,21,22). The zero-order chi connectivity index (χ0) is 19.2. The molecule has 0 bridgehead atoms. The van der Waals surface area contributed by atoms with Crippen molar-refractivity contribution in [3.05, 3.63) is 60.4 Å². The van der Waals surface area contributed by atoms with Gasteiger partial charge in [0.2, 0.25) is 11.0 Å². The van der Waals surface area contributed by atoms with Crippen LogP contribution in [0.2, 0.25) is 0 Å². The van der Waals surface area contributed by atoms with Gasteiger partial charge in [0.15, 0.2) is 4.34 Å². The Kier molecular flexibility index (Phi) is 6.41. The molecule has 3 aromatic rings. The fourth-order valence-electron chi connectivity index (χ4n) is 2.52. The first-order valence-electron chi connectivity index (χ1n) is 8.39. The van der Waals surface area contributed by atoms with Crippen LogP contribution in [0, 0.1) is 5.82 Å². The third-order valence-electron chi connectivity index (χ3n) is 3.62. The van der Waals surface area contributed by atoms with Crippen molar-refractivity contribution in [2.45, 2.75) is 24.2 Å². The van der Waals surface area contributed by atoms with Crippen LogP contribution in [0.3, 0.4) is 0 Å². The van der Waals surface area contributed by atoms with Gasteiger partial charge in [0, 0.05) is 17.4 Å². The molecule has 1 heterocycles. The highest BCUT2D eigenvalue weighted by atomic mass is 32.2. The number of rotatable bonds is 7. The molecule has 0 fully saturated rings. The molecular weight excluding hydrogens is 383 g/mol. The Hall–Kier alpha value is -2.45. The Morgan fingerprint density at radius 1 is 1.19 bits per heavy atom. The number of hydrogen-bond acceptors (Lipinski definition) is 6. The van der Waals surface area contributed by atoms with Gasteiger partial charge in [-0.2, -0.15) is 0 Å². The van der Waals surface area contributed by atoms with Gasteiger partial charge in [0.1, 0.15) is 5.82 Å². The number of nitrogens with zero attached hydrogens (tertiary/aromatic N) is 3. The van der Waals surface area contributed by atoms with Crippen molar-refractivity contribution in [1.29, 1.82) is 0 Å². The van der Waals surface area contributed by atoms with E-state index in [1.54, 1.807) is 17.0 Å². The van der Waals surface area contributed by atoms with Crippen LogP contribution in [-0.4, -0.2) is 27.9 Å². The first kappa shape index (κ1) is 19.3. The maximum Gasteiger partial charge on any atom is 0.237 e. The number of hydrogen-bond donors (Lipinski definition) is 1. The summed E-state index contributed by atoms with van der Waals surface area (Å²) in [5.41, 5.74) is 1.48. The molecular formula is C19H19FN4OS2. The predicted molar refractivity (Wildman–Crippen MR) is 109 cm³/mol. The van der Waals surface area contributed by atoms with Crippen LogP contribution >= 0.6 is 23.1 Å². The van der Waals surface area contributed by atoms with Gasteiger partial charge in [-0.3, -0.25) is 4.79 Å². The van der Waals surface area contributed by atoms with Crippen LogP contribution in [0.15, 0.2) is 58.9 Å². The number of carbonyl (C=O) groups is 1. The van der Waals surface area contributed by atoms with Crippen molar-refractivity contribution in [2.75, 3.05) is 16.0 Å². The van der Waals surface area contributed by atoms with E-state index in [1.807, 2.05) is 44.2 Å². The quantitative estimate of drug-likeness (QED) is 0.567. The Balaban J connectivity index is 1.61. The number of anilines is 3. The molecule has 1 amide bonds. The third kappa shape index (κ3) is 5.27. The summed E-state index contributed by atoms with van der Waals surface area (Å²) in [5, 5.41) is 11.7. The lowest BCUT2D eigenvalue weighted by atomic mass is 10.2. The maximum atomic E-state index is 13.2. The van der Waals surface area contributed by atoms with E-state index in [2.05, 4.69) is 15.5 Å². The summed E-state index contributed by atoms with van der Waals surface area (Å²) in [6, 6.07) is 15.8. The molecule has 0 aliphatic rings. The second-order valence-electron chi connectivity index (χ2n) is 5.99. The molecule has 27 heavy (non-hydrogen) atoms. The molecule has 5 nitrogen and oxygen atoms in total. The van der Waals surface area contributed by atoms with E-state index < -0.39 is 0 Å². The molecule has 140 valence electrons. The van der Waals surface area contributed by atoms with Gasteiger partial charge in [-0.25, -0.2) is 4.39 Å². The molecule has 8 heteroatoms. The van der Waals surface area contributed by atoms with E-state index >= 15 is 0 Å². The summed E-state index contributed by atoms with van der Waals surface area (Å²) in [6.07, 6.45) is 0. The van der Waals surface area contributed by atoms with Gasteiger partial charge in [-0.1, -0.05) is 47.4 Å². The smallest absolute Gasteiger partial charge is 0.237 e. The fourth-order valence-corrected chi connectivity index (χ4v) is 4.15. The monoisotopic (exact) mass is 402 g/mol.